The highest BCUT2D eigenvalue weighted by molar-refractivity contribution is 5.62. The van der Waals surface area contributed by atoms with Gasteiger partial charge in [-0.2, -0.15) is 0 Å². The van der Waals surface area contributed by atoms with Gasteiger partial charge in [0.05, 0.1) is 4.92 Å². The summed E-state index contributed by atoms with van der Waals surface area (Å²) in [5.41, 5.74) is 1.72. The van der Waals surface area contributed by atoms with Gasteiger partial charge in [-0.05, 0) is 38.9 Å². The molecule has 0 aliphatic carbocycles. The molecule has 0 bridgehead atoms. The van der Waals surface area contributed by atoms with Crippen molar-refractivity contribution in [3.63, 3.8) is 0 Å². The van der Waals surface area contributed by atoms with Gasteiger partial charge in [-0.25, -0.2) is 0 Å². The minimum absolute atomic E-state index is 0.156. The summed E-state index contributed by atoms with van der Waals surface area (Å²) < 4.78 is 0. The van der Waals surface area contributed by atoms with E-state index in [4.69, 9.17) is 0 Å². The third-order valence-electron chi connectivity index (χ3n) is 3.14. The summed E-state index contributed by atoms with van der Waals surface area (Å²) in [6.07, 6.45) is 0.939. The minimum atomic E-state index is -0.323. The maximum absolute atomic E-state index is 11.1. The zero-order chi connectivity index (χ0) is 14.4. The predicted molar refractivity (Wildman–Crippen MR) is 78.5 cm³/mol. The van der Waals surface area contributed by atoms with Crippen molar-refractivity contribution in [2.45, 2.75) is 39.8 Å². The average Bonchev–Trinajstić information content (AvgIpc) is 2.36. The minimum Gasteiger partial charge on any atom is -0.380 e. The SMILES string of the molecule is CCCNc1ccc(CN(C)C(C)C)cc1[N+](=O)[O-]. The molecule has 0 aliphatic rings. The van der Waals surface area contributed by atoms with Crippen molar-refractivity contribution in [1.29, 1.82) is 0 Å². The number of nitrogens with zero attached hydrogens (tertiary/aromatic N) is 2. The maximum atomic E-state index is 11.1. The molecule has 0 unspecified atom stereocenters. The van der Waals surface area contributed by atoms with E-state index in [-0.39, 0.29) is 10.6 Å². The van der Waals surface area contributed by atoms with E-state index < -0.39 is 0 Å². The van der Waals surface area contributed by atoms with E-state index in [0.29, 0.717) is 18.3 Å². The van der Waals surface area contributed by atoms with Gasteiger partial charge in [-0.15, -0.1) is 0 Å². The summed E-state index contributed by atoms with van der Waals surface area (Å²) in [5.74, 6) is 0. The summed E-state index contributed by atoms with van der Waals surface area (Å²) >= 11 is 0. The third-order valence-corrected chi connectivity index (χ3v) is 3.14. The number of rotatable bonds is 7. The summed E-state index contributed by atoms with van der Waals surface area (Å²) in [6, 6.07) is 5.83. The highest BCUT2D eigenvalue weighted by atomic mass is 16.6. The Balaban J connectivity index is 2.92. The van der Waals surface area contributed by atoms with Gasteiger partial charge >= 0.3 is 0 Å². The molecule has 1 aromatic carbocycles. The largest absolute Gasteiger partial charge is 0.380 e. The second-order valence-electron chi connectivity index (χ2n) is 5.04. The van der Waals surface area contributed by atoms with E-state index in [1.807, 2.05) is 20.0 Å². The first-order valence-electron chi connectivity index (χ1n) is 6.67. The Hall–Kier alpha value is -1.62. The average molecular weight is 265 g/mol. The molecule has 0 fully saturated rings. The Kier molecular flexibility index (Phi) is 5.76. The smallest absolute Gasteiger partial charge is 0.292 e. The lowest BCUT2D eigenvalue weighted by Gasteiger charge is -2.21. The van der Waals surface area contributed by atoms with E-state index in [1.54, 1.807) is 12.1 Å². The van der Waals surface area contributed by atoms with Gasteiger partial charge in [-0.1, -0.05) is 13.0 Å². The third kappa shape index (κ3) is 4.52. The standard InChI is InChI=1S/C14H23N3O2/c1-5-8-15-13-7-6-12(9-14(13)17(18)19)10-16(4)11(2)3/h6-7,9,11,15H,5,8,10H2,1-4H3. The van der Waals surface area contributed by atoms with Crippen LogP contribution < -0.4 is 5.32 Å². The van der Waals surface area contributed by atoms with Crippen molar-refractivity contribution in [2.24, 2.45) is 0 Å². The van der Waals surface area contributed by atoms with Gasteiger partial charge in [0.15, 0.2) is 0 Å². The van der Waals surface area contributed by atoms with Crippen LogP contribution in [0.4, 0.5) is 11.4 Å². The Morgan fingerprint density at radius 1 is 1.42 bits per heavy atom. The molecule has 0 spiro atoms. The van der Waals surface area contributed by atoms with Crippen molar-refractivity contribution in [2.75, 3.05) is 18.9 Å². The zero-order valence-corrected chi connectivity index (χ0v) is 12.1. The number of nitro benzene ring substituents is 1. The summed E-state index contributed by atoms with van der Waals surface area (Å²) in [6.45, 7) is 7.70. The Morgan fingerprint density at radius 2 is 2.11 bits per heavy atom. The molecule has 0 atom stereocenters. The van der Waals surface area contributed by atoms with Crippen LogP contribution in [0.15, 0.2) is 18.2 Å². The lowest BCUT2D eigenvalue weighted by molar-refractivity contribution is -0.384. The van der Waals surface area contributed by atoms with Gasteiger partial charge in [0.1, 0.15) is 5.69 Å². The molecule has 0 aromatic heterocycles. The Morgan fingerprint density at radius 3 is 2.63 bits per heavy atom. The molecular weight excluding hydrogens is 242 g/mol. The number of benzene rings is 1. The highest BCUT2D eigenvalue weighted by Crippen LogP contribution is 2.26. The predicted octanol–water partition coefficient (Wildman–Crippen LogP) is 3.26. The first-order chi connectivity index (χ1) is 8.95. The molecule has 5 heteroatoms. The lowest BCUT2D eigenvalue weighted by atomic mass is 10.1. The van der Waals surface area contributed by atoms with Crippen LogP contribution in [0.5, 0.6) is 0 Å². The molecule has 0 radical (unpaired) electrons. The van der Waals surface area contributed by atoms with Crippen molar-refractivity contribution in [1.82, 2.24) is 4.90 Å². The van der Waals surface area contributed by atoms with Crippen LogP contribution in [0.3, 0.4) is 0 Å². The molecule has 1 aromatic rings. The van der Waals surface area contributed by atoms with E-state index >= 15 is 0 Å². The fraction of sp³-hybridized carbons (Fsp3) is 0.571. The second kappa shape index (κ2) is 7.09. The molecular formula is C14H23N3O2. The van der Waals surface area contributed by atoms with Crippen molar-refractivity contribution in [3.05, 3.63) is 33.9 Å². The fourth-order valence-electron chi connectivity index (χ4n) is 1.71. The van der Waals surface area contributed by atoms with Gasteiger partial charge in [0.25, 0.3) is 5.69 Å². The number of hydrogen-bond acceptors (Lipinski definition) is 4. The summed E-state index contributed by atoms with van der Waals surface area (Å²) in [4.78, 5) is 12.9. The Bertz CT molecular complexity index is 433. The molecule has 106 valence electrons. The van der Waals surface area contributed by atoms with Crippen LogP contribution in [-0.4, -0.2) is 29.5 Å². The van der Waals surface area contributed by atoms with Gasteiger partial charge in [0.2, 0.25) is 0 Å². The van der Waals surface area contributed by atoms with E-state index in [2.05, 4.69) is 24.1 Å². The van der Waals surface area contributed by atoms with Crippen LogP contribution in [0, 0.1) is 10.1 Å². The molecule has 0 heterocycles. The first kappa shape index (κ1) is 15.4. The topological polar surface area (TPSA) is 58.4 Å². The second-order valence-corrected chi connectivity index (χ2v) is 5.04. The van der Waals surface area contributed by atoms with Gasteiger partial charge in [0, 0.05) is 25.2 Å². The molecule has 0 aliphatic heterocycles. The lowest BCUT2D eigenvalue weighted by Crippen LogP contribution is -2.25. The summed E-state index contributed by atoms with van der Waals surface area (Å²) in [5, 5.41) is 14.2. The number of anilines is 1. The van der Waals surface area contributed by atoms with Crippen LogP contribution in [0.2, 0.25) is 0 Å². The number of nitro groups is 1. The van der Waals surface area contributed by atoms with Crippen LogP contribution in [0.1, 0.15) is 32.8 Å². The molecule has 0 amide bonds. The van der Waals surface area contributed by atoms with Crippen LogP contribution >= 0.6 is 0 Å². The zero-order valence-electron chi connectivity index (χ0n) is 12.1. The van der Waals surface area contributed by atoms with E-state index in [9.17, 15) is 10.1 Å². The quantitative estimate of drug-likeness (QED) is 0.607. The molecule has 0 saturated heterocycles. The van der Waals surface area contributed by atoms with Crippen LogP contribution in [0.25, 0.3) is 0 Å². The van der Waals surface area contributed by atoms with Crippen molar-refractivity contribution < 1.29 is 4.92 Å². The van der Waals surface area contributed by atoms with Gasteiger partial charge < -0.3 is 5.32 Å². The van der Waals surface area contributed by atoms with Crippen molar-refractivity contribution in [3.8, 4) is 0 Å². The monoisotopic (exact) mass is 265 g/mol. The number of nitrogens with one attached hydrogen (secondary N) is 1. The molecule has 1 N–H and O–H groups in total. The first-order valence-corrected chi connectivity index (χ1v) is 6.67. The van der Waals surface area contributed by atoms with E-state index in [1.165, 1.54) is 0 Å². The van der Waals surface area contributed by atoms with Crippen molar-refractivity contribution >= 4 is 11.4 Å². The highest BCUT2D eigenvalue weighted by Gasteiger charge is 2.15. The maximum Gasteiger partial charge on any atom is 0.292 e. The summed E-state index contributed by atoms with van der Waals surface area (Å²) in [7, 11) is 2.01. The molecule has 0 saturated carbocycles. The Labute approximate surface area is 114 Å². The molecule has 19 heavy (non-hydrogen) atoms. The molecule has 1 rings (SSSR count). The normalized spacial score (nSPS) is 11.1. The van der Waals surface area contributed by atoms with Crippen LogP contribution in [-0.2, 0) is 6.54 Å². The fourth-order valence-corrected chi connectivity index (χ4v) is 1.71. The van der Waals surface area contributed by atoms with Gasteiger partial charge in [-0.3, -0.25) is 15.0 Å². The number of hydrogen-bond donors (Lipinski definition) is 1. The molecule has 5 nitrogen and oxygen atoms in total. The van der Waals surface area contributed by atoms with E-state index in [0.717, 1.165) is 18.5 Å².